The Labute approximate surface area is 682 Å². The molecular weight excluding hydrogens is 1460 g/mol. The highest BCUT2D eigenvalue weighted by atomic mass is 28.4. The van der Waals surface area contributed by atoms with E-state index in [4.69, 9.17) is 65.4 Å². The van der Waals surface area contributed by atoms with Gasteiger partial charge in [0.25, 0.3) is 0 Å². The van der Waals surface area contributed by atoms with Crippen LogP contribution in [0.1, 0.15) is 292 Å². The van der Waals surface area contributed by atoms with Crippen LogP contribution in [0, 0.1) is 22.7 Å². The molecule has 112 heavy (non-hydrogen) atoms. The van der Waals surface area contributed by atoms with E-state index in [-0.39, 0.29) is 109 Å². The van der Waals surface area contributed by atoms with Crippen molar-refractivity contribution in [2.45, 2.75) is 399 Å². The van der Waals surface area contributed by atoms with Crippen LogP contribution in [0.15, 0.2) is 66.8 Å². The molecule has 0 aromatic heterocycles. The van der Waals surface area contributed by atoms with E-state index in [9.17, 15) is 9.90 Å². The summed E-state index contributed by atoms with van der Waals surface area (Å²) in [5.74, 6) is -1.49. The first-order valence-electron chi connectivity index (χ1n) is 43.6. The standard InChI is InChI=1S/C92H156O17Si3/c1-62(2)111(63(3)4,64(5)6)100-58-90(15,16)84-48-32-44-76(104-84)54-78(98-60-96-21)56-82(68(13)50-52-74-42-30-41-73(102-74)39-27-35-71-37-29-47-81-87(71)89(95)108-92(19,20)107-81)106-88(94)86-70(36-28-46-80(86)93)34-26-38-72-40-31-43-75(103-72)53-51-69(14)83(109-110(23,24)25)57-79(99-61-97-22)55-77-45-33-49-85(105-77)91(17,18)59-101-112(65(7)8,66(9)10)67(11)12/h27-30,32,35-37,42,46-48,62-69,72-79,82-85,93H,26,31,33-34,38-41,43-45,49-61H2,1-25H3/b35-27+/t68-,69-,72-,73-,74-,75-,76-,77-,78-,79-,82+,83+,84+,85+/m0/s1. The molecule has 2 fully saturated rings. The molecule has 7 rings (SSSR count). The molecule has 0 bridgehead atoms. The topological polar surface area (TPSA) is 184 Å². The summed E-state index contributed by atoms with van der Waals surface area (Å²) in [5, 5.41) is 11.8. The van der Waals surface area contributed by atoms with Crippen LogP contribution in [0.25, 0.3) is 6.08 Å². The third-order valence-corrected chi connectivity index (χ3v) is 38.3. The van der Waals surface area contributed by atoms with Crippen molar-refractivity contribution in [2.24, 2.45) is 22.7 Å². The van der Waals surface area contributed by atoms with Gasteiger partial charge in [0.2, 0.25) is 5.79 Å². The quantitative estimate of drug-likeness (QED) is 0.0285. The maximum absolute atomic E-state index is 15.1. The molecule has 2 saturated heterocycles. The second-order valence-electron chi connectivity index (χ2n) is 38.6. The lowest BCUT2D eigenvalue weighted by atomic mass is 9.82. The summed E-state index contributed by atoms with van der Waals surface area (Å²) in [4.78, 5) is 28.3. The van der Waals surface area contributed by atoms with E-state index in [0.717, 1.165) is 94.6 Å². The lowest BCUT2D eigenvalue weighted by Gasteiger charge is -2.46. The van der Waals surface area contributed by atoms with E-state index >= 15 is 4.79 Å². The molecule has 0 aliphatic carbocycles. The minimum atomic E-state index is -2.15. The lowest BCUT2D eigenvalue weighted by Crippen LogP contribution is -2.51. The Hall–Kier alpha value is -3.59. The molecule has 5 aliphatic rings. The van der Waals surface area contributed by atoms with Crippen LogP contribution in [0.2, 0.25) is 52.9 Å². The van der Waals surface area contributed by atoms with Gasteiger partial charge in [-0.05, 0) is 204 Å². The fourth-order valence-corrected chi connectivity index (χ4v) is 31.7. The summed E-state index contributed by atoms with van der Waals surface area (Å²) in [5.41, 5.74) is 4.61. The molecule has 0 unspecified atom stereocenters. The third-order valence-electron chi connectivity index (χ3n) is 25.1. The predicted octanol–water partition coefficient (Wildman–Crippen LogP) is 23.0. The Morgan fingerprint density at radius 2 is 1.16 bits per heavy atom. The van der Waals surface area contributed by atoms with Gasteiger partial charge in [-0.2, -0.15) is 0 Å². The van der Waals surface area contributed by atoms with Gasteiger partial charge in [0.15, 0.2) is 25.0 Å². The van der Waals surface area contributed by atoms with Crippen molar-refractivity contribution in [3.63, 3.8) is 0 Å². The van der Waals surface area contributed by atoms with Gasteiger partial charge >= 0.3 is 11.9 Å². The largest absolute Gasteiger partial charge is 0.507 e. The van der Waals surface area contributed by atoms with Gasteiger partial charge in [-0.3, -0.25) is 0 Å². The number of aromatic hydroxyl groups is 1. The number of phenols is 1. The fourth-order valence-electron chi connectivity index (χ4n) is 19.2. The van der Waals surface area contributed by atoms with Crippen molar-refractivity contribution < 1.29 is 80.1 Å². The highest BCUT2D eigenvalue weighted by Crippen LogP contribution is 2.47. The van der Waals surface area contributed by atoms with Crippen molar-refractivity contribution >= 4 is 43.0 Å². The Morgan fingerprint density at radius 3 is 1.78 bits per heavy atom. The Bertz CT molecular complexity index is 3200. The van der Waals surface area contributed by atoms with Crippen LogP contribution >= 0.6 is 0 Å². The van der Waals surface area contributed by atoms with Crippen molar-refractivity contribution in [3.05, 3.63) is 89.0 Å². The van der Waals surface area contributed by atoms with Gasteiger partial charge in [-0.15, -0.1) is 0 Å². The second-order valence-corrected chi connectivity index (χ2v) is 54.0. The average molecular weight is 1620 g/mol. The summed E-state index contributed by atoms with van der Waals surface area (Å²) in [7, 11) is -2.85. The third kappa shape index (κ3) is 27.5. The average Bonchev–Trinajstić information content (AvgIpc) is 0.794. The van der Waals surface area contributed by atoms with Gasteiger partial charge in [0, 0.05) is 65.0 Å². The maximum Gasteiger partial charge on any atom is 0.345 e. The molecule has 1 N–H and O–H groups in total. The SMILES string of the molecule is COCO[C@@H](C[C@@H]1CC=C[C@H](C(C)(C)CO[Si](C(C)C)(C(C)C)C(C)C)O1)C[C@@H](OC(=O)c1c(O)cccc1CCC[C@H]1CCC[C@@H](CC[C@H](C)[C@@H](C[C@H](C[C@@H]2CCC[C@H](C(C)(C)CO[Si](C(C)C)(C(C)C)C(C)C)O2)OCOC)O[Si](C)(C)C)O1)[C@@H](C)CC[C@@H]1C=CC[C@H](C/C=C/c2cccc3c2C(=O)OC(C)(C)O3)O1. The number of fused-ring (bicyclic) bond motifs is 1. The first kappa shape index (κ1) is 95.6. The van der Waals surface area contributed by atoms with Crippen LogP contribution in [-0.2, 0) is 67.1 Å². The smallest absolute Gasteiger partial charge is 0.345 e. The van der Waals surface area contributed by atoms with Gasteiger partial charge < -0.3 is 70.5 Å². The normalized spacial score (nSPS) is 23.9. The van der Waals surface area contributed by atoms with E-state index in [0.29, 0.717) is 103 Å². The van der Waals surface area contributed by atoms with Crippen molar-refractivity contribution in [2.75, 3.05) is 41.0 Å². The first-order valence-corrected chi connectivity index (χ1v) is 51.3. The van der Waals surface area contributed by atoms with E-state index in [1.54, 1.807) is 40.2 Å². The molecular formula is C92H156O17Si3. The minimum Gasteiger partial charge on any atom is -0.507 e. The molecule has 5 aliphatic heterocycles. The molecule has 5 heterocycles. The molecule has 0 spiro atoms. The van der Waals surface area contributed by atoms with Gasteiger partial charge in [0.05, 0.1) is 67.1 Å². The Kier molecular flexibility index (Phi) is 37.5. The number of phenolic OH excluding ortho intramolecular Hbond substituents is 1. The fraction of sp³-hybridized carbons (Fsp3) is 0.783. The molecule has 2 aromatic rings. The summed E-state index contributed by atoms with van der Waals surface area (Å²) in [6.45, 7) is 53.7. The first-order chi connectivity index (χ1) is 52.7. The monoisotopic (exact) mass is 1620 g/mol. The number of hydrogen-bond donors (Lipinski definition) is 1. The number of aryl methyl sites for hydroxylation is 1. The number of esters is 2. The number of benzene rings is 2. The Morgan fingerprint density at radius 1 is 0.616 bits per heavy atom. The Balaban J connectivity index is 1.01. The highest BCUT2D eigenvalue weighted by molar-refractivity contribution is 6.78. The van der Waals surface area contributed by atoms with E-state index in [2.05, 4.69) is 175 Å². The second kappa shape index (κ2) is 43.9. The van der Waals surface area contributed by atoms with Gasteiger partial charge in [-0.1, -0.05) is 185 Å². The zero-order valence-electron chi connectivity index (χ0n) is 74.4. The molecule has 2 aromatic carbocycles. The number of carbonyl (C=O) groups excluding carboxylic acids is 2. The zero-order valence-corrected chi connectivity index (χ0v) is 77.4. The maximum atomic E-state index is 15.1. The van der Waals surface area contributed by atoms with Crippen molar-refractivity contribution in [1.82, 2.24) is 0 Å². The molecule has 638 valence electrons. The molecule has 14 atom stereocenters. The molecule has 0 radical (unpaired) electrons. The number of carbonyl (C=O) groups is 2. The van der Waals surface area contributed by atoms with Crippen molar-refractivity contribution in [3.8, 4) is 11.5 Å². The summed E-state index contributed by atoms with van der Waals surface area (Å²) < 4.78 is 92.2. The minimum absolute atomic E-state index is 0.00790. The van der Waals surface area contributed by atoms with Crippen LogP contribution in [0.5, 0.6) is 11.5 Å². The van der Waals surface area contributed by atoms with E-state index in [1.165, 1.54) is 0 Å². The zero-order chi connectivity index (χ0) is 82.5. The predicted molar refractivity (Wildman–Crippen MR) is 459 cm³/mol. The number of methoxy groups -OCH3 is 2. The van der Waals surface area contributed by atoms with Crippen LogP contribution < -0.4 is 4.74 Å². The lowest BCUT2D eigenvalue weighted by molar-refractivity contribution is -0.145. The number of rotatable bonds is 47. The number of hydrogen-bond acceptors (Lipinski definition) is 17. The highest BCUT2D eigenvalue weighted by Gasteiger charge is 2.50. The number of ether oxygens (including phenoxy) is 11. The van der Waals surface area contributed by atoms with E-state index < -0.39 is 54.9 Å². The molecule has 17 nitrogen and oxygen atoms in total. The van der Waals surface area contributed by atoms with Gasteiger partial charge in [0.1, 0.15) is 42.3 Å². The summed E-state index contributed by atoms with van der Waals surface area (Å²) >= 11 is 0. The molecule has 0 amide bonds. The van der Waals surface area contributed by atoms with Crippen LogP contribution in [0.3, 0.4) is 0 Å². The molecule has 20 heteroatoms. The summed E-state index contributed by atoms with van der Waals surface area (Å²) in [6, 6.07) is 10.9. The summed E-state index contributed by atoms with van der Waals surface area (Å²) in [6.07, 6.45) is 27.6. The van der Waals surface area contributed by atoms with Crippen molar-refractivity contribution in [1.29, 1.82) is 0 Å². The van der Waals surface area contributed by atoms with Gasteiger partial charge in [-0.25, -0.2) is 9.59 Å². The number of cyclic esters (lactones) is 1. The molecule has 0 saturated carbocycles. The van der Waals surface area contributed by atoms with Crippen LogP contribution in [0.4, 0.5) is 0 Å². The van der Waals surface area contributed by atoms with Crippen LogP contribution in [-0.4, -0.2) is 162 Å². The van der Waals surface area contributed by atoms with E-state index in [1.807, 2.05) is 30.3 Å².